The molecule has 3 aliphatic rings. The van der Waals surface area contributed by atoms with Crippen LogP contribution in [0.3, 0.4) is 0 Å². The Bertz CT molecular complexity index is 943. The van der Waals surface area contributed by atoms with Crippen molar-refractivity contribution < 1.29 is 90.1 Å². The van der Waals surface area contributed by atoms with Crippen molar-refractivity contribution in [1.29, 1.82) is 0 Å². The number of aliphatic hydroxyl groups excluding tert-OH is 13. The first-order valence-electron chi connectivity index (χ1n) is 13.9. The zero-order valence-corrected chi connectivity index (χ0v) is 23.5. The highest BCUT2D eigenvalue weighted by Gasteiger charge is 2.52. The van der Waals surface area contributed by atoms with Crippen LogP contribution in [0.25, 0.3) is 0 Å². The van der Waals surface area contributed by atoms with Crippen molar-refractivity contribution in [2.24, 2.45) is 0 Å². The first-order valence-corrected chi connectivity index (χ1v) is 13.9. The molecule has 1 aliphatic carbocycles. The van der Waals surface area contributed by atoms with E-state index in [9.17, 15) is 71.2 Å². The summed E-state index contributed by atoms with van der Waals surface area (Å²) in [4.78, 5) is 10.9. The van der Waals surface area contributed by atoms with Crippen molar-refractivity contribution in [2.45, 2.75) is 117 Å². The molecule has 19 nitrogen and oxygen atoms in total. The highest BCUT2D eigenvalue weighted by Crippen LogP contribution is 2.31. The molecule has 0 unspecified atom stereocenters. The van der Waals surface area contributed by atoms with E-state index in [1.54, 1.807) is 0 Å². The third kappa shape index (κ3) is 7.79. The predicted molar refractivity (Wildman–Crippen MR) is 139 cm³/mol. The smallest absolute Gasteiger partial charge is 0.187 e. The van der Waals surface area contributed by atoms with Crippen molar-refractivity contribution >= 4 is 6.29 Å². The third-order valence-electron chi connectivity index (χ3n) is 8.03. The Labute approximate surface area is 250 Å². The molecule has 0 saturated carbocycles. The number of aliphatic hydroxyl groups is 13. The number of nitrogens with one attached hydrogen (secondary N) is 1. The lowest BCUT2D eigenvalue weighted by Crippen LogP contribution is -2.68. The number of ether oxygens (including phenoxy) is 4. The molecular formula is C25H43NO18. The average Bonchev–Trinajstić information content (AvgIpc) is 3.02. The summed E-state index contributed by atoms with van der Waals surface area (Å²) in [5, 5.41) is 135. The Kier molecular flexibility index (Phi) is 13.5. The van der Waals surface area contributed by atoms with E-state index in [1.165, 1.54) is 13.0 Å². The SMILES string of the molecule is C[C@H]1O[C@H](O[C@H]2[C@H](O)[C@H](O)[C@@H](O[C@@H]([C@H](O)[C@@H](O)C=O)[C@H](O)CO)O[C@@H]2CO)[C@H](O)[C@H](O)[C@@H]1N[C@H]1C=C(CO)[C@H](O)[C@H](O)[C@H]1O. The van der Waals surface area contributed by atoms with Crippen molar-refractivity contribution in [3.05, 3.63) is 11.6 Å². The molecule has 19 heteroatoms. The quantitative estimate of drug-likeness (QED) is 0.0653. The van der Waals surface area contributed by atoms with Gasteiger partial charge in [0, 0.05) is 0 Å². The number of rotatable bonds is 13. The van der Waals surface area contributed by atoms with Gasteiger partial charge in [-0.2, -0.15) is 0 Å². The van der Waals surface area contributed by atoms with Gasteiger partial charge in [-0.1, -0.05) is 6.08 Å². The summed E-state index contributed by atoms with van der Waals surface area (Å²) in [5.74, 6) is 0. The normalized spacial score (nSPS) is 44.4. The maximum absolute atomic E-state index is 10.9. The van der Waals surface area contributed by atoms with Crippen molar-refractivity contribution in [2.75, 3.05) is 19.8 Å². The molecule has 2 aliphatic heterocycles. The van der Waals surface area contributed by atoms with Crippen LogP contribution in [0.15, 0.2) is 11.6 Å². The second-order valence-electron chi connectivity index (χ2n) is 11.0. The molecule has 0 aromatic carbocycles. The molecule has 2 heterocycles. The van der Waals surface area contributed by atoms with Crippen molar-refractivity contribution in [3.8, 4) is 0 Å². The maximum Gasteiger partial charge on any atom is 0.187 e. The monoisotopic (exact) mass is 645 g/mol. The summed E-state index contributed by atoms with van der Waals surface area (Å²) in [6, 6.07) is -2.21. The van der Waals surface area contributed by atoms with Crippen LogP contribution < -0.4 is 5.32 Å². The molecule has 0 bridgehead atoms. The van der Waals surface area contributed by atoms with Crippen LogP contribution >= 0.6 is 0 Å². The van der Waals surface area contributed by atoms with E-state index in [0.717, 1.165) is 0 Å². The van der Waals surface area contributed by atoms with Gasteiger partial charge in [0.2, 0.25) is 0 Å². The van der Waals surface area contributed by atoms with Crippen LogP contribution in [0.1, 0.15) is 6.92 Å². The topological polar surface area (TPSA) is 329 Å². The van der Waals surface area contributed by atoms with Crippen LogP contribution in [-0.4, -0.2) is 203 Å². The van der Waals surface area contributed by atoms with Gasteiger partial charge >= 0.3 is 0 Å². The zero-order chi connectivity index (χ0) is 33.0. The van der Waals surface area contributed by atoms with Gasteiger partial charge in [-0.15, -0.1) is 0 Å². The molecule has 44 heavy (non-hydrogen) atoms. The fourth-order valence-corrected chi connectivity index (χ4v) is 5.36. The standard InChI is InChI=1S/C25H43NO18/c1-7-13(26-9-2-8(3-27)14(33)18(37)15(9)34)17(36)20(39)24(41-7)44-23-12(6-30)42-25(21(40)19(23)38)43-22(11(32)5-29)16(35)10(31)4-28/h2,4,7,9-27,29-40H,3,5-6H2,1H3/t7-,9+,10+,11-,12-,13-,14+,15+,16-,17-,18+,19-,20-,21+,22-,23-,24-,25-/m1/s1. The lowest BCUT2D eigenvalue weighted by Gasteiger charge is -2.48. The Balaban J connectivity index is 1.71. The molecule has 2 saturated heterocycles. The largest absolute Gasteiger partial charge is 0.394 e. The summed E-state index contributed by atoms with van der Waals surface area (Å²) in [5.41, 5.74) is 0.00900. The first-order chi connectivity index (χ1) is 20.7. The Morgan fingerprint density at radius 1 is 0.886 bits per heavy atom. The lowest BCUT2D eigenvalue weighted by atomic mass is 9.86. The minimum absolute atomic E-state index is 0.00900. The summed E-state index contributed by atoms with van der Waals surface area (Å²) in [7, 11) is 0. The minimum Gasteiger partial charge on any atom is -0.394 e. The molecule has 3 rings (SSSR count). The molecule has 0 spiro atoms. The van der Waals surface area contributed by atoms with Crippen LogP contribution in [0.5, 0.6) is 0 Å². The van der Waals surface area contributed by atoms with Crippen LogP contribution in [0.2, 0.25) is 0 Å². The van der Waals surface area contributed by atoms with Crippen molar-refractivity contribution in [1.82, 2.24) is 5.32 Å². The first kappa shape index (κ1) is 37.2. The third-order valence-corrected chi connectivity index (χ3v) is 8.03. The summed E-state index contributed by atoms with van der Waals surface area (Å²) >= 11 is 0. The molecular weight excluding hydrogens is 602 g/mol. The number of carbonyl (C=O) groups excluding carboxylic acids is 1. The van der Waals surface area contributed by atoms with Gasteiger partial charge in [-0.25, -0.2) is 0 Å². The second kappa shape index (κ2) is 16.0. The summed E-state index contributed by atoms with van der Waals surface area (Å²) < 4.78 is 22.0. The Morgan fingerprint density at radius 2 is 1.52 bits per heavy atom. The van der Waals surface area contributed by atoms with Crippen LogP contribution in [0.4, 0.5) is 0 Å². The number of aldehydes is 1. The predicted octanol–water partition coefficient (Wildman–Crippen LogP) is -8.72. The molecule has 256 valence electrons. The number of hydrogen-bond donors (Lipinski definition) is 14. The van der Waals surface area contributed by atoms with E-state index < -0.39 is 130 Å². The second-order valence-corrected chi connectivity index (χ2v) is 11.0. The van der Waals surface area contributed by atoms with Gasteiger partial charge in [0.05, 0.1) is 38.0 Å². The molecule has 0 radical (unpaired) electrons. The fraction of sp³-hybridized carbons (Fsp3) is 0.880. The Hall–Kier alpha value is -1.31. The van der Waals surface area contributed by atoms with Gasteiger partial charge in [-0.05, 0) is 12.5 Å². The molecule has 0 aromatic heterocycles. The lowest BCUT2D eigenvalue weighted by molar-refractivity contribution is -0.361. The van der Waals surface area contributed by atoms with Gasteiger partial charge in [-0.3, -0.25) is 0 Å². The van der Waals surface area contributed by atoms with Gasteiger partial charge in [0.15, 0.2) is 18.9 Å². The fourth-order valence-electron chi connectivity index (χ4n) is 5.36. The summed E-state index contributed by atoms with van der Waals surface area (Å²) in [6.07, 6.45) is -26.8. The molecule has 0 amide bonds. The van der Waals surface area contributed by atoms with Crippen molar-refractivity contribution in [3.63, 3.8) is 0 Å². The molecule has 0 aromatic rings. The van der Waals surface area contributed by atoms with Gasteiger partial charge < -0.3 is 95.4 Å². The number of hydrogen-bond acceptors (Lipinski definition) is 19. The molecule has 18 atom stereocenters. The number of carbonyl (C=O) groups is 1. The zero-order valence-electron chi connectivity index (χ0n) is 23.5. The van der Waals surface area contributed by atoms with Crippen LogP contribution in [0, 0.1) is 0 Å². The van der Waals surface area contributed by atoms with Gasteiger partial charge in [0.25, 0.3) is 0 Å². The van der Waals surface area contributed by atoms with E-state index in [1.807, 2.05) is 0 Å². The van der Waals surface area contributed by atoms with Crippen LogP contribution in [-0.2, 0) is 23.7 Å². The van der Waals surface area contributed by atoms with E-state index in [2.05, 4.69) is 5.32 Å². The van der Waals surface area contributed by atoms with E-state index in [4.69, 9.17) is 18.9 Å². The Morgan fingerprint density at radius 3 is 2.09 bits per heavy atom. The van der Waals surface area contributed by atoms with E-state index in [0.29, 0.717) is 0 Å². The minimum atomic E-state index is -2.10. The molecule has 2 fully saturated rings. The summed E-state index contributed by atoms with van der Waals surface area (Å²) in [6.45, 7) is -1.08. The highest BCUT2D eigenvalue weighted by atomic mass is 16.7. The van der Waals surface area contributed by atoms with E-state index in [-0.39, 0.29) is 11.9 Å². The molecule has 14 N–H and O–H groups in total. The highest BCUT2D eigenvalue weighted by molar-refractivity contribution is 5.56. The van der Waals surface area contributed by atoms with E-state index >= 15 is 0 Å². The average molecular weight is 646 g/mol. The van der Waals surface area contributed by atoms with Gasteiger partial charge in [0.1, 0.15) is 79.4 Å². The maximum atomic E-state index is 10.9.